The second-order valence-corrected chi connectivity index (χ2v) is 5.84. The molecule has 90 valence electrons. The molecule has 0 radical (unpaired) electrons. The number of fused-ring (bicyclic) bond motifs is 1. The number of carbonyl (C=O) groups is 1. The van der Waals surface area contributed by atoms with Gasteiger partial charge in [0, 0.05) is 12.8 Å². The number of Topliss-reactive ketones (excluding diaryl/α,β-unsaturated/α-hetero) is 1. The molecule has 1 aliphatic rings. The molecule has 4 heteroatoms. The Labute approximate surface area is 109 Å². The molecule has 1 fully saturated rings. The van der Waals surface area contributed by atoms with Gasteiger partial charge >= 0.3 is 0 Å². The summed E-state index contributed by atoms with van der Waals surface area (Å²) < 4.78 is 1.12. The summed E-state index contributed by atoms with van der Waals surface area (Å²) in [6.07, 6.45) is 2.52. The monoisotopic (exact) mass is 256 g/mol. The molecule has 1 saturated carbocycles. The van der Waals surface area contributed by atoms with Crippen molar-refractivity contribution >= 4 is 27.3 Å². The van der Waals surface area contributed by atoms with E-state index in [4.69, 9.17) is 0 Å². The summed E-state index contributed by atoms with van der Waals surface area (Å²) in [6, 6.07) is 10.1. The largest absolute Gasteiger partial charge is 0.298 e. The highest BCUT2D eigenvalue weighted by molar-refractivity contribution is 7.18. The van der Waals surface area contributed by atoms with Crippen LogP contribution in [0.25, 0.3) is 10.2 Å². The van der Waals surface area contributed by atoms with Crippen molar-refractivity contribution < 1.29 is 4.79 Å². The molecule has 1 atom stereocenters. The van der Waals surface area contributed by atoms with E-state index in [2.05, 4.69) is 11.1 Å². The molecule has 0 aliphatic heterocycles. The van der Waals surface area contributed by atoms with Crippen LogP contribution in [0.2, 0.25) is 0 Å². The third-order valence-electron chi connectivity index (χ3n) is 3.55. The number of nitriles is 1. The summed E-state index contributed by atoms with van der Waals surface area (Å²) in [5.41, 5.74) is 0.143. The maximum Gasteiger partial charge on any atom is 0.153 e. The van der Waals surface area contributed by atoms with Gasteiger partial charge in [0.1, 0.15) is 5.41 Å². The van der Waals surface area contributed by atoms with Crippen LogP contribution in [0, 0.1) is 16.7 Å². The number of rotatable bonds is 2. The number of ketones is 1. The Morgan fingerprint density at radius 1 is 1.44 bits per heavy atom. The van der Waals surface area contributed by atoms with Crippen LogP contribution >= 0.6 is 11.3 Å². The molecule has 0 spiro atoms. The van der Waals surface area contributed by atoms with Gasteiger partial charge in [-0.25, -0.2) is 4.98 Å². The van der Waals surface area contributed by atoms with Crippen molar-refractivity contribution in [3.05, 3.63) is 29.3 Å². The van der Waals surface area contributed by atoms with Crippen LogP contribution in [-0.4, -0.2) is 10.8 Å². The van der Waals surface area contributed by atoms with Crippen molar-refractivity contribution in [3.8, 4) is 6.07 Å². The minimum Gasteiger partial charge on any atom is -0.298 e. The lowest BCUT2D eigenvalue weighted by Crippen LogP contribution is -2.26. The van der Waals surface area contributed by atoms with E-state index in [1.165, 1.54) is 0 Å². The topological polar surface area (TPSA) is 53.8 Å². The first kappa shape index (κ1) is 11.4. The maximum atomic E-state index is 11.9. The van der Waals surface area contributed by atoms with E-state index in [0.29, 0.717) is 19.3 Å². The van der Waals surface area contributed by atoms with Crippen molar-refractivity contribution in [2.24, 2.45) is 5.41 Å². The average Bonchev–Trinajstić information content (AvgIpc) is 2.94. The number of carbonyl (C=O) groups excluding carboxylic acids is 1. The molecule has 1 aliphatic carbocycles. The van der Waals surface area contributed by atoms with Gasteiger partial charge in [-0.15, -0.1) is 11.3 Å². The highest BCUT2D eigenvalue weighted by Gasteiger charge is 2.43. The minimum absolute atomic E-state index is 0.0873. The van der Waals surface area contributed by atoms with Gasteiger partial charge in [-0.05, 0) is 25.0 Å². The Balaban J connectivity index is 1.96. The van der Waals surface area contributed by atoms with Crippen LogP contribution in [-0.2, 0) is 11.2 Å². The first-order valence-electron chi connectivity index (χ1n) is 6.02. The number of benzene rings is 1. The molecule has 18 heavy (non-hydrogen) atoms. The normalized spacial score (nSPS) is 23.4. The second kappa shape index (κ2) is 4.18. The van der Waals surface area contributed by atoms with E-state index in [0.717, 1.165) is 21.6 Å². The summed E-state index contributed by atoms with van der Waals surface area (Å²) in [5.74, 6) is 0.0873. The fraction of sp³-hybridized carbons (Fsp3) is 0.357. The van der Waals surface area contributed by atoms with E-state index in [9.17, 15) is 10.1 Å². The van der Waals surface area contributed by atoms with E-state index < -0.39 is 5.41 Å². The lowest BCUT2D eigenvalue weighted by molar-refractivity contribution is -0.123. The molecule has 1 heterocycles. The summed E-state index contributed by atoms with van der Waals surface area (Å²) >= 11 is 1.59. The number of hydrogen-bond acceptors (Lipinski definition) is 4. The van der Waals surface area contributed by atoms with E-state index >= 15 is 0 Å². The average molecular weight is 256 g/mol. The third-order valence-corrected chi connectivity index (χ3v) is 4.58. The van der Waals surface area contributed by atoms with Crippen LogP contribution in [0.1, 0.15) is 24.3 Å². The second-order valence-electron chi connectivity index (χ2n) is 4.72. The van der Waals surface area contributed by atoms with Gasteiger partial charge in [-0.3, -0.25) is 4.79 Å². The molecule has 0 N–H and O–H groups in total. The van der Waals surface area contributed by atoms with Crippen molar-refractivity contribution in [1.29, 1.82) is 5.26 Å². The van der Waals surface area contributed by atoms with Crippen molar-refractivity contribution in [2.45, 2.75) is 25.7 Å². The van der Waals surface area contributed by atoms with Gasteiger partial charge < -0.3 is 0 Å². The van der Waals surface area contributed by atoms with Crippen LogP contribution in [0.5, 0.6) is 0 Å². The Kier molecular flexibility index (Phi) is 2.64. The zero-order chi connectivity index (χ0) is 12.6. The van der Waals surface area contributed by atoms with Crippen molar-refractivity contribution in [1.82, 2.24) is 4.98 Å². The quantitative estimate of drug-likeness (QED) is 0.829. The summed E-state index contributed by atoms with van der Waals surface area (Å²) in [7, 11) is 0. The molecule has 1 unspecified atom stereocenters. The SMILES string of the molecule is N#CC1(Cc2nc3ccccc3s2)CCCC1=O. The molecule has 1 aromatic heterocycles. The molecular formula is C14H12N2OS. The van der Waals surface area contributed by atoms with Crippen molar-refractivity contribution in [2.75, 3.05) is 0 Å². The number of aromatic nitrogens is 1. The number of hydrogen-bond donors (Lipinski definition) is 0. The first-order valence-corrected chi connectivity index (χ1v) is 6.84. The zero-order valence-electron chi connectivity index (χ0n) is 9.85. The summed E-state index contributed by atoms with van der Waals surface area (Å²) in [5, 5.41) is 10.2. The molecular weight excluding hydrogens is 244 g/mol. The van der Waals surface area contributed by atoms with Gasteiger partial charge in [0.25, 0.3) is 0 Å². The molecule has 0 saturated heterocycles. The molecule has 3 rings (SSSR count). The maximum absolute atomic E-state index is 11.9. The van der Waals surface area contributed by atoms with Crippen LogP contribution in [0.15, 0.2) is 24.3 Å². The van der Waals surface area contributed by atoms with E-state index in [1.807, 2.05) is 24.3 Å². The van der Waals surface area contributed by atoms with Gasteiger partial charge in [-0.2, -0.15) is 5.26 Å². The third kappa shape index (κ3) is 1.72. The zero-order valence-corrected chi connectivity index (χ0v) is 10.7. The lowest BCUT2D eigenvalue weighted by atomic mass is 9.84. The standard InChI is InChI=1S/C14H12N2OS/c15-9-14(7-3-6-12(14)17)8-13-16-10-4-1-2-5-11(10)18-13/h1-2,4-5H,3,6-8H2. The number of thiazole rings is 1. The number of nitrogens with zero attached hydrogens (tertiary/aromatic N) is 2. The Hall–Kier alpha value is -1.73. The fourth-order valence-corrected chi connectivity index (χ4v) is 3.61. The molecule has 2 aromatic rings. The Bertz CT molecular complexity index is 622. The Morgan fingerprint density at radius 2 is 2.28 bits per heavy atom. The van der Waals surface area contributed by atoms with E-state index in [1.54, 1.807) is 11.3 Å². The molecule has 0 bridgehead atoms. The van der Waals surface area contributed by atoms with Crippen LogP contribution in [0.4, 0.5) is 0 Å². The minimum atomic E-state index is -0.812. The van der Waals surface area contributed by atoms with Crippen LogP contribution < -0.4 is 0 Å². The smallest absolute Gasteiger partial charge is 0.153 e. The van der Waals surface area contributed by atoms with Crippen LogP contribution in [0.3, 0.4) is 0 Å². The predicted molar refractivity (Wildman–Crippen MR) is 70.2 cm³/mol. The summed E-state index contributed by atoms with van der Waals surface area (Å²) in [4.78, 5) is 16.4. The predicted octanol–water partition coefficient (Wildman–Crippen LogP) is 3.10. The van der Waals surface area contributed by atoms with Crippen molar-refractivity contribution in [3.63, 3.8) is 0 Å². The van der Waals surface area contributed by atoms with Gasteiger partial charge in [-0.1, -0.05) is 12.1 Å². The van der Waals surface area contributed by atoms with E-state index in [-0.39, 0.29) is 5.78 Å². The molecule has 1 aromatic carbocycles. The highest BCUT2D eigenvalue weighted by atomic mass is 32.1. The van der Waals surface area contributed by atoms with Gasteiger partial charge in [0.15, 0.2) is 5.78 Å². The lowest BCUT2D eigenvalue weighted by Gasteiger charge is -2.16. The molecule has 0 amide bonds. The number of para-hydroxylation sites is 1. The Morgan fingerprint density at radius 3 is 2.94 bits per heavy atom. The first-order chi connectivity index (χ1) is 8.73. The summed E-state index contributed by atoms with van der Waals surface area (Å²) in [6.45, 7) is 0. The fourth-order valence-electron chi connectivity index (χ4n) is 2.53. The van der Waals surface area contributed by atoms with Gasteiger partial charge in [0.05, 0.1) is 21.3 Å². The highest BCUT2D eigenvalue weighted by Crippen LogP contribution is 2.38. The molecule has 3 nitrogen and oxygen atoms in total. The van der Waals surface area contributed by atoms with Gasteiger partial charge in [0.2, 0.25) is 0 Å².